The van der Waals surface area contributed by atoms with E-state index in [0.717, 1.165) is 6.07 Å². The summed E-state index contributed by atoms with van der Waals surface area (Å²) in [6, 6.07) is 4.00. The highest BCUT2D eigenvalue weighted by atomic mass is 35.5. The minimum Gasteiger partial charge on any atom is -0.481 e. The van der Waals surface area contributed by atoms with Crippen LogP contribution in [0.1, 0.15) is 30.1 Å². The van der Waals surface area contributed by atoms with E-state index in [0.29, 0.717) is 13.0 Å². The first-order valence-corrected chi connectivity index (χ1v) is 6.30. The molecule has 1 N–H and O–H groups in total. The molecule has 19 heavy (non-hydrogen) atoms. The average molecular weight is 288 g/mol. The second kappa shape index (κ2) is 7.09. The van der Waals surface area contributed by atoms with E-state index in [1.165, 1.54) is 17.0 Å². The Bertz CT molecular complexity index is 459. The van der Waals surface area contributed by atoms with E-state index in [9.17, 15) is 14.0 Å². The molecular weight excluding hydrogens is 273 g/mol. The molecule has 1 rings (SSSR count). The molecule has 6 heteroatoms. The fourth-order valence-electron chi connectivity index (χ4n) is 1.68. The Hall–Kier alpha value is -1.62. The van der Waals surface area contributed by atoms with Crippen LogP contribution in [-0.4, -0.2) is 35.0 Å². The summed E-state index contributed by atoms with van der Waals surface area (Å²) in [7, 11) is 0. The van der Waals surface area contributed by atoms with E-state index in [1.54, 1.807) is 0 Å². The molecule has 0 saturated heterocycles. The number of aliphatic carboxylic acids is 1. The molecule has 0 fully saturated rings. The predicted octanol–water partition coefficient (Wildman–Crippen LogP) is 2.81. The van der Waals surface area contributed by atoms with Gasteiger partial charge in [-0.2, -0.15) is 0 Å². The Morgan fingerprint density at radius 1 is 1.37 bits per heavy atom. The maximum atomic E-state index is 13.7. The average Bonchev–Trinajstić information content (AvgIpc) is 2.33. The van der Waals surface area contributed by atoms with Crippen molar-refractivity contribution in [3.8, 4) is 0 Å². The summed E-state index contributed by atoms with van der Waals surface area (Å²) in [5, 5.41) is 8.68. The van der Waals surface area contributed by atoms with Crippen LogP contribution in [0, 0.1) is 5.82 Å². The summed E-state index contributed by atoms with van der Waals surface area (Å²) >= 11 is 5.83. The van der Waals surface area contributed by atoms with Crippen molar-refractivity contribution in [1.29, 1.82) is 0 Å². The van der Waals surface area contributed by atoms with E-state index >= 15 is 0 Å². The SMILES string of the molecule is CCCN(CCC(=O)O)C(=O)c1c(F)cccc1Cl. The summed E-state index contributed by atoms with van der Waals surface area (Å²) in [5.41, 5.74) is -0.206. The van der Waals surface area contributed by atoms with Gasteiger partial charge < -0.3 is 10.0 Å². The zero-order valence-corrected chi connectivity index (χ0v) is 11.3. The van der Waals surface area contributed by atoms with Gasteiger partial charge in [0.05, 0.1) is 17.0 Å². The third kappa shape index (κ3) is 4.21. The lowest BCUT2D eigenvalue weighted by Crippen LogP contribution is -2.34. The maximum absolute atomic E-state index is 13.7. The lowest BCUT2D eigenvalue weighted by molar-refractivity contribution is -0.137. The highest BCUT2D eigenvalue weighted by molar-refractivity contribution is 6.33. The molecule has 4 nitrogen and oxygen atoms in total. The number of carboxylic acid groups (broad SMARTS) is 1. The molecule has 1 aromatic carbocycles. The Morgan fingerprint density at radius 3 is 2.58 bits per heavy atom. The van der Waals surface area contributed by atoms with Gasteiger partial charge in [-0.3, -0.25) is 9.59 Å². The van der Waals surface area contributed by atoms with Crippen LogP contribution in [0.15, 0.2) is 18.2 Å². The number of carbonyl (C=O) groups is 2. The monoisotopic (exact) mass is 287 g/mol. The number of amides is 1. The maximum Gasteiger partial charge on any atom is 0.305 e. The highest BCUT2D eigenvalue weighted by Crippen LogP contribution is 2.21. The number of nitrogens with zero attached hydrogens (tertiary/aromatic N) is 1. The van der Waals surface area contributed by atoms with Crippen LogP contribution in [-0.2, 0) is 4.79 Å². The van der Waals surface area contributed by atoms with Crippen molar-refractivity contribution in [3.05, 3.63) is 34.6 Å². The Labute approximate surface area is 115 Å². The first-order chi connectivity index (χ1) is 8.97. The zero-order chi connectivity index (χ0) is 14.4. The van der Waals surface area contributed by atoms with Gasteiger partial charge in [-0.05, 0) is 18.6 Å². The Kier molecular flexibility index (Phi) is 5.76. The number of carboxylic acids is 1. The lowest BCUT2D eigenvalue weighted by atomic mass is 10.1. The van der Waals surface area contributed by atoms with Crippen LogP contribution in [0.25, 0.3) is 0 Å². The van der Waals surface area contributed by atoms with Gasteiger partial charge in [0, 0.05) is 13.1 Å². The fraction of sp³-hybridized carbons (Fsp3) is 0.385. The molecule has 0 saturated carbocycles. The van der Waals surface area contributed by atoms with Crippen molar-refractivity contribution in [2.45, 2.75) is 19.8 Å². The summed E-state index contributed by atoms with van der Waals surface area (Å²) in [6.07, 6.45) is 0.468. The molecule has 104 valence electrons. The van der Waals surface area contributed by atoms with Crippen LogP contribution in [0.3, 0.4) is 0 Å². The molecule has 0 heterocycles. The minimum atomic E-state index is -1.01. The quantitative estimate of drug-likeness (QED) is 0.875. The van der Waals surface area contributed by atoms with E-state index < -0.39 is 17.7 Å². The second-order valence-corrected chi connectivity index (χ2v) is 4.44. The van der Waals surface area contributed by atoms with Gasteiger partial charge in [-0.15, -0.1) is 0 Å². The molecule has 0 bridgehead atoms. The molecule has 1 aromatic rings. The van der Waals surface area contributed by atoms with Gasteiger partial charge in [0.15, 0.2) is 0 Å². The van der Waals surface area contributed by atoms with Crippen LogP contribution >= 0.6 is 11.6 Å². The van der Waals surface area contributed by atoms with Gasteiger partial charge in [-0.25, -0.2) is 4.39 Å². The lowest BCUT2D eigenvalue weighted by Gasteiger charge is -2.22. The van der Waals surface area contributed by atoms with Crippen molar-refractivity contribution >= 4 is 23.5 Å². The summed E-state index contributed by atoms with van der Waals surface area (Å²) in [4.78, 5) is 24.1. The summed E-state index contributed by atoms with van der Waals surface area (Å²) in [5.74, 6) is -2.28. The van der Waals surface area contributed by atoms with Crippen molar-refractivity contribution in [2.24, 2.45) is 0 Å². The Morgan fingerprint density at radius 2 is 2.05 bits per heavy atom. The largest absolute Gasteiger partial charge is 0.481 e. The van der Waals surface area contributed by atoms with Crippen molar-refractivity contribution < 1.29 is 19.1 Å². The number of benzene rings is 1. The normalized spacial score (nSPS) is 10.3. The van der Waals surface area contributed by atoms with Crippen LogP contribution in [0.5, 0.6) is 0 Å². The van der Waals surface area contributed by atoms with E-state index in [2.05, 4.69) is 0 Å². The van der Waals surface area contributed by atoms with E-state index in [1.807, 2.05) is 6.92 Å². The van der Waals surface area contributed by atoms with Gasteiger partial charge in [0.1, 0.15) is 5.82 Å². The number of hydrogen-bond acceptors (Lipinski definition) is 2. The molecule has 0 spiro atoms. The zero-order valence-electron chi connectivity index (χ0n) is 10.5. The standard InChI is InChI=1S/C13H15ClFNO3/c1-2-7-16(8-6-11(17)18)13(19)12-9(14)4-3-5-10(12)15/h3-5H,2,6-8H2,1H3,(H,17,18). The number of carbonyl (C=O) groups excluding carboxylic acids is 1. The predicted molar refractivity (Wildman–Crippen MR) is 69.9 cm³/mol. The number of hydrogen-bond donors (Lipinski definition) is 1. The van der Waals surface area contributed by atoms with E-state index in [4.69, 9.17) is 16.7 Å². The molecule has 0 radical (unpaired) electrons. The molecule has 1 amide bonds. The molecular formula is C13H15ClFNO3. The Balaban J connectivity index is 2.95. The van der Waals surface area contributed by atoms with Crippen molar-refractivity contribution in [2.75, 3.05) is 13.1 Å². The smallest absolute Gasteiger partial charge is 0.305 e. The number of halogens is 2. The van der Waals surface area contributed by atoms with Crippen molar-refractivity contribution in [3.63, 3.8) is 0 Å². The third-order valence-electron chi connectivity index (χ3n) is 2.55. The molecule has 0 atom stereocenters. The third-order valence-corrected chi connectivity index (χ3v) is 2.87. The van der Waals surface area contributed by atoms with Gasteiger partial charge >= 0.3 is 5.97 Å². The van der Waals surface area contributed by atoms with Gasteiger partial charge in [0.2, 0.25) is 0 Å². The molecule has 0 aliphatic rings. The highest BCUT2D eigenvalue weighted by Gasteiger charge is 2.21. The number of rotatable bonds is 6. The summed E-state index contributed by atoms with van der Waals surface area (Å²) in [6.45, 7) is 2.24. The molecule has 0 unspecified atom stereocenters. The van der Waals surface area contributed by atoms with Gasteiger partial charge in [0.25, 0.3) is 5.91 Å². The van der Waals surface area contributed by atoms with Crippen LogP contribution in [0.2, 0.25) is 5.02 Å². The van der Waals surface area contributed by atoms with E-state index in [-0.39, 0.29) is 23.6 Å². The topological polar surface area (TPSA) is 57.6 Å². The van der Waals surface area contributed by atoms with Gasteiger partial charge in [-0.1, -0.05) is 24.6 Å². The molecule has 0 aromatic heterocycles. The minimum absolute atomic E-state index is 0.0291. The van der Waals surface area contributed by atoms with Crippen LogP contribution in [0.4, 0.5) is 4.39 Å². The molecule has 0 aliphatic heterocycles. The molecule has 0 aliphatic carbocycles. The first-order valence-electron chi connectivity index (χ1n) is 5.92. The fourth-order valence-corrected chi connectivity index (χ4v) is 1.92. The van der Waals surface area contributed by atoms with Crippen LogP contribution < -0.4 is 0 Å². The van der Waals surface area contributed by atoms with Crippen molar-refractivity contribution in [1.82, 2.24) is 4.90 Å². The summed E-state index contributed by atoms with van der Waals surface area (Å²) < 4.78 is 13.7. The second-order valence-electron chi connectivity index (χ2n) is 4.03. The first kappa shape index (κ1) is 15.4.